The molecule has 164 valence electrons. The van der Waals surface area contributed by atoms with Gasteiger partial charge in [-0.15, -0.1) is 0 Å². The molecule has 2 aliphatic rings. The first-order valence-corrected chi connectivity index (χ1v) is 10.9. The summed E-state index contributed by atoms with van der Waals surface area (Å²) < 4.78 is 28.3. The number of fused-ring (bicyclic) bond motifs is 2. The molecule has 0 aromatic heterocycles. The number of amides is 2. The van der Waals surface area contributed by atoms with Crippen molar-refractivity contribution in [2.75, 3.05) is 29.9 Å². The number of urea groups is 1. The highest BCUT2D eigenvalue weighted by molar-refractivity contribution is 6.03. The van der Waals surface area contributed by atoms with Gasteiger partial charge in [-0.1, -0.05) is 42.5 Å². The third-order valence-corrected chi connectivity index (χ3v) is 6.70. The van der Waals surface area contributed by atoms with E-state index in [1.54, 1.807) is 29.2 Å². The molecule has 2 heterocycles. The molecular weight excluding hydrogens is 408 g/mol. The molecule has 3 aromatic carbocycles. The molecule has 0 atom stereocenters. The monoisotopic (exact) mass is 433 g/mol. The predicted octanol–water partition coefficient (Wildman–Crippen LogP) is 5.55. The number of piperidine rings is 1. The number of para-hydroxylation sites is 1. The molecule has 0 unspecified atom stereocenters. The number of halogens is 2. The molecule has 0 aliphatic carbocycles. The highest BCUT2D eigenvalue weighted by Gasteiger charge is 2.46. The van der Waals surface area contributed by atoms with E-state index in [0.717, 1.165) is 38.0 Å². The molecule has 5 rings (SSSR count). The Kier molecular flexibility index (Phi) is 5.39. The third-order valence-electron chi connectivity index (χ3n) is 6.70. The van der Waals surface area contributed by atoms with Gasteiger partial charge in [-0.05, 0) is 67.4 Å². The van der Waals surface area contributed by atoms with E-state index in [2.05, 4.69) is 22.3 Å². The average Bonchev–Trinajstić information content (AvgIpc) is 3.11. The van der Waals surface area contributed by atoms with Crippen molar-refractivity contribution in [3.8, 4) is 0 Å². The number of carbonyl (C=O) groups excluding carboxylic acids is 1. The number of anilines is 2. The Bertz CT molecular complexity index is 1130. The van der Waals surface area contributed by atoms with E-state index in [1.165, 1.54) is 23.8 Å². The number of nitrogens with one attached hydrogen (secondary N) is 1. The molecule has 2 amide bonds. The predicted molar refractivity (Wildman–Crippen MR) is 122 cm³/mol. The van der Waals surface area contributed by atoms with E-state index in [4.69, 9.17) is 0 Å². The van der Waals surface area contributed by atoms with Gasteiger partial charge in [0.1, 0.15) is 11.6 Å². The van der Waals surface area contributed by atoms with E-state index in [-0.39, 0.29) is 16.9 Å². The average molecular weight is 434 g/mol. The molecular formula is C26H25F2N3O. The fourth-order valence-electron chi connectivity index (χ4n) is 4.98. The fourth-order valence-corrected chi connectivity index (χ4v) is 4.98. The van der Waals surface area contributed by atoms with Crippen LogP contribution in [0.3, 0.4) is 0 Å². The topological polar surface area (TPSA) is 35.6 Å². The zero-order valence-electron chi connectivity index (χ0n) is 17.7. The van der Waals surface area contributed by atoms with Crippen LogP contribution in [0.25, 0.3) is 0 Å². The molecule has 6 heteroatoms. The van der Waals surface area contributed by atoms with Crippen LogP contribution in [0.15, 0.2) is 72.8 Å². The largest absolute Gasteiger partial charge is 0.326 e. The minimum atomic E-state index is -0.483. The van der Waals surface area contributed by atoms with Crippen LogP contribution in [0, 0.1) is 11.6 Å². The molecule has 3 aromatic rings. The lowest BCUT2D eigenvalue weighted by atomic mass is 9.74. The van der Waals surface area contributed by atoms with E-state index >= 15 is 0 Å². The first-order chi connectivity index (χ1) is 15.5. The van der Waals surface area contributed by atoms with Gasteiger partial charge in [0, 0.05) is 24.2 Å². The first kappa shape index (κ1) is 20.6. The smallest absolute Gasteiger partial charge is 0.305 e. The minimum Gasteiger partial charge on any atom is -0.305 e. The molecule has 4 nitrogen and oxygen atoms in total. The summed E-state index contributed by atoms with van der Waals surface area (Å²) in [5.41, 5.74) is 2.70. The SMILES string of the molecule is O=C(Nc1ccccc1F)N1CC2(CCN(Cc3ccccc3)CC2)c2cc(F)ccc21. The standard InChI is InChI=1S/C26H25F2N3O/c27-20-10-11-24-21(16-20)26(12-14-30(15-13-26)17-19-6-2-1-3-7-19)18-31(24)25(32)29-23-9-5-4-8-22(23)28/h1-11,16H,12-15,17-18H2,(H,29,32). The fraction of sp³-hybridized carbons (Fsp3) is 0.269. The van der Waals surface area contributed by atoms with Gasteiger partial charge in [0.15, 0.2) is 0 Å². The molecule has 2 aliphatic heterocycles. The van der Waals surface area contributed by atoms with Gasteiger partial charge in [-0.3, -0.25) is 9.80 Å². The Balaban J connectivity index is 1.36. The van der Waals surface area contributed by atoms with Gasteiger partial charge < -0.3 is 5.32 Å². The Morgan fingerprint density at radius 1 is 0.938 bits per heavy atom. The summed E-state index contributed by atoms with van der Waals surface area (Å²) in [4.78, 5) is 17.1. The number of likely N-dealkylation sites (tertiary alicyclic amines) is 1. The summed E-state index contributed by atoms with van der Waals surface area (Å²) in [5.74, 6) is -0.783. The van der Waals surface area contributed by atoms with Crippen molar-refractivity contribution in [1.29, 1.82) is 0 Å². The van der Waals surface area contributed by atoms with Crippen molar-refractivity contribution < 1.29 is 13.6 Å². The number of hydrogen-bond donors (Lipinski definition) is 1. The van der Waals surface area contributed by atoms with Gasteiger partial charge in [-0.25, -0.2) is 13.6 Å². The van der Waals surface area contributed by atoms with Crippen LogP contribution in [0.5, 0.6) is 0 Å². The maximum absolute atomic E-state index is 14.2. The normalized spacial score (nSPS) is 17.4. The van der Waals surface area contributed by atoms with Gasteiger partial charge in [0.05, 0.1) is 5.69 Å². The van der Waals surface area contributed by atoms with E-state index in [1.807, 2.05) is 18.2 Å². The molecule has 0 radical (unpaired) electrons. The zero-order valence-corrected chi connectivity index (χ0v) is 17.7. The third kappa shape index (κ3) is 3.86. The highest BCUT2D eigenvalue weighted by Crippen LogP contribution is 2.47. The lowest BCUT2D eigenvalue weighted by molar-refractivity contribution is 0.160. The Morgan fingerprint density at radius 3 is 2.41 bits per heavy atom. The molecule has 1 N–H and O–H groups in total. The van der Waals surface area contributed by atoms with E-state index in [9.17, 15) is 13.6 Å². The maximum atomic E-state index is 14.2. The second kappa shape index (κ2) is 8.36. The number of nitrogens with zero attached hydrogens (tertiary/aromatic N) is 2. The van der Waals surface area contributed by atoms with E-state index < -0.39 is 11.8 Å². The van der Waals surface area contributed by atoms with Crippen molar-refractivity contribution >= 4 is 17.4 Å². The van der Waals surface area contributed by atoms with E-state index in [0.29, 0.717) is 12.2 Å². The summed E-state index contributed by atoms with van der Waals surface area (Å²) >= 11 is 0. The lowest BCUT2D eigenvalue weighted by Gasteiger charge is -2.40. The summed E-state index contributed by atoms with van der Waals surface area (Å²) in [6, 6.07) is 20.7. The molecule has 1 saturated heterocycles. The Labute approximate surface area is 186 Å². The van der Waals surface area contributed by atoms with Gasteiger partial charge in [0.25, 0.3) is 0 Å². The number of benzene rings is 3. The van der Waals surface area contributed by atoms with Crippen LogP contribution >= 0.6 is 0 Å². The molecule has 1 fully saturated rings. The summed E-state index contributed by atoms with van der Waals surface area (Å²) in [5, 5.41) is 2.68. The van der Waals surface area contributed by atoms with Crippen molar-refractivity contribution in [1.82, 2.24) is 4.90 Å². The lowest BCUT2D eigenvalue weighted by Crippen LogP contribution is -2.46. The van der Waals surface area contributed by atoms with Crippen molar-refractivity contribution in [2.45, 2.75) is 24.8 Å². The van der Waals surface area contributed by atoms with Gasteiger partial charge in [-0.2, -0.15) is 0 Å². The van der Waals surface area contributed by atoms with Gasteiger partial charge >= 0.3 is 6.03 Å². The van der Waals surface area contributed by atoms with Crippen molar-refractivity contribution in [3.63, 3.8) is 0 Å². The first-order valence-electron chi connectivity index (χ1n) is 10.9. The Morgan fingerprint density at radius 2 is 1.66 bits per heavy atom. The second-order valence-corrected chi connectivity index (χ2v) is 8.70. The zero-order chi connectivity index (χ0) is 22.1. The van der Waals surface area contributed by atoms with Crippen LogP contribution in [-0.4, -0.2) is 30.6 Å². The molecule has 0 saturated carbocycles. The quantitative estimate of drug-likeness (QED) is 0.588. The van der Waals surface area contributed by atoms with Crippen LogP contribution in [0.4, 0.5) is 25.0 Å². The molecule has 0 bridgehead atoms. The molecule has 32 heavy (non-hydrogen) atoms. The van der Waals surface area contributed by atoms with Gasteiger partial charge in [0.2, 0.25) is 0 Å². The number of carbonyl (C=O) groups is 1. The highest BCUT2D eigenvalue weighted by atomic mass is 19.1. The number of hydrogen-bond acceptors (Lipinski definition) is 2. The Hall–Kier alpha value is -3.25. The summed E-state index contributed by atoms with van der Waals surface area (Å²) in [6.07, 6.45) is 1.67. The van der Waals surface area contributed by atoms with Crippen molar-refractivity contribution in [2.24, 2.45) is 0 Å². The van der Waals surface area contributed by atoms with Crippen LogP contribution < -0.4 is 10.2 Å². The summed E-state index contributed by atoms with van der Waals surface area (Å²) in [7, 11) is 0. The van der Waals surface area contributed by atoms with Crippen molar-refractivity contribution in [3.05, 3.63) is 95.6 Å². The molecule has 1 spiro atoms. The second-order valence-electron chi connectivity index (χ2n) is 8.70. The van der Waals surface area contributed by atoms with Crippen LogP contribution in [0.1, 0.15) is 24.0 Å². The maximum Gasteiger partial charge on any atom is 0.326 e. The minimum absolute atomic E-state index is 0.139. The van der Waals surface area contributed by atoms with Crippen LogP contribution in [-0.2, 0) is 12.0 Å². The summed E-state index contributed by atoms with van der Waals surface area (Å²) in [6.45, 7) is 3.08. The number of rotatable bonds is 3. The van der Waals surface area contributed by atoms with Crippen LogP contribution in [0.2, 0.25) is 0 Å².